The summed E-state index contributed by atoms with van der Waals surface area (Å²) in [6, 6.07) is 1.75. The quantitative estimate of drug-likeness (QED) is 0.792. The lowest BCUT2D eigenvalue weighted by Crippen LogP contribution is -2.26. The summed E-state index contributed by atoms with van der Waals surface area (Å²) < 4.78 is 4.96. The van der Waals surface area contributed by atoms with E-state index in [0.717, 1.165) is 19.3 Å². The minimum absolute atomic E-state index is 0.206. The topological polar surface area (TPSA) is 92.9 Å². The van der Waals surface area contributed by atoms with Gasteiger partial charge >= 0.3 is 0 Å². The standard InChI is InChI=1S/C17H21N5O2/c1-12-9-15(22-24-12)21-16-11-19-14(10-20-16)17(23)18-8-7-13-5-3-2-4-6-13/h5,9-11H,2-4,6-8H2,1H3,(H,18,23)(H,20,21,22). The van der Waals surface area contributed by atoms with Crippen LogP contribution in [0.4, 0.5) is 11.6 Å². The van der Waals surface area contributed by atoms with Crippen LogP contribution in [0, 0.1) is 6.92 Å². The molecule has 0 aliphatic heterocycles. The average Bonchev–Trinajstić information content (AvgIpc) is 3.01. The van der Waals surface area contributed by atoms with E-state index in [1.54, 1.807) is 13.0 Å². The minimum Gasteiger partial charge on any atom is -0.360 e. The number of hydrogen-bond donors (Lipinski definition) is 2. The van der Waals surface area contributed by atoms with Crippen molar-refractivity contribution in [3.63, 3.8) is 0 Å². The molecule has 7 nitrogen and oxygen atoms in total. The van der Waals surface area contributed by atoms with Crippen molar-refractivity contribution in [1.29, 1.82) is 0 Å². The maximum absolute atomic E-state index is 12.1. The zero-order valence-electron chi connectivity index (χ0n) is 13.7. The molecule has 24 heavy (non-hydrogen) atoms. The fourth-order valence-electron chi connectivity index (χ4n) is 2.63. The van der Waals surface area contributed by atoms with Gasteiger partial charge in [0.25, 0.3) is 5.91 Å². The maximum Gasteiger partial charge on any atom is 0.271 e. The largest absolute Gasteiger partial charge is 0.360 e. The highest BCUT2D eigenvalue weighted by atomic mass is 16.5. The number of nitrogens with zero attached hydrogens (tertiary/aromatic N) is 3. The predicted molar refractivity (Wildman–Crippen MR) is 90.1 cm³/mol. The maximum atomic E-state index is 12.1. The Kier molecular flexibility index (Phi) is 5.20. The molecule has 7 heteroatoms. The van der Waals surface area contributed by atoms with Crippen LogP contribution in [0.2, 0.25) is 0 Å². The first kappa shape index (κ1) is 16.2. The zero-order valence-corrected chi connectivity index (χ0v) is 13.7. The van der Waals surface area contributed by atoms with Crippen molar-refractivity contribution in [3.8, 4) is 0 Å². The van der Waals surface area contributed by atoms with Gasteiger partial charge in [-0.05, 0) is 39.0 Å². The second-order valence-electron chi connectivity index (χ2n) is 5.85. The number of rotatable bonds is 6. The average molecular weight is 327 g/mol. The van der Waals surface area contributed by atoms with E-state index >= 15 is 0 Å². The Morgan fingerprint density at radius 1 is 1.25 bits per heavy atom. The van der Waals surface area contributed by atoms with Gasteiger partial charge in [-0.15, -0.1) is 0 Å². The van der Waals surface area contributed by atoms with Gasteiger partial charge in [0.1, 0.15) is 17.3 Å². The van der Waals surface area contributed by atoms with Gasteiger partial charge in [-0.25, -0.2) is 9.97 Å². The first-order valence-corrected chi connectivity index (χ1v) is 8.19. The molecular formula is C17H21N5O2. The number of aromatic nitrogens is 3. The number of carbonyl (C=O) groups excluding carboxylic acids is 1. The van der Waals surface area contributed by atoms with Crippen LogP contribution in [0.25, 0.3) is 0 Å². The third-order valence-corrected chi connectivity index (χ3v) is 3.89. The van der Waals surface area contributed by atoms with Gasteiger partial charge in [0.15, 0.2) is 5.82 Å². The number of allylic oxidation sites excluding steroid dienone is 1. The van der Waals surface area contributed by atoms with Crippen molar-refractivity contribution in [1.82, 2.24) is 20.4 Å². The van der Waals surface area contributed by atoms with Gasteiger partial charge in [0, 0.05) is 12.6 Å². The van der Waals surface area contributed by atoms with E-state index in [9.17, 15) is 4.79 Å². The van der Waals surface area contributed by atoms with Gasteiger partial charge in [-0.1, -0.05) is 16.8 Å². The molecule has 126 valence electrons. The van der Waals surface area contributed by atoms with Crippen LogP contribution in [0.1, 0.15) is 48.4 Å². The van der Waals surface area contributed by atoms with Crippen molar-refractivity contribution in [2.45, 2.75) is 39.0 Å². The van der Waals surface area contributed by atoms with Crippen LogP contribution in [0.5, 0.6) is 0 Å². The SMILES string of the molecule is Cc1cc(Nc2cnc(C(=O)NCCC3=CCCCC3)cn2)no1. The van der Waals surface area contributed by atoms with Gasteiger partial charge < -0.3 is 15.2 Å². The highest BCUT2D eigenvalue weighted by Gasteiger charge is 2.09. The molecule has 0 spiro atoms. The van der Waals surface area contributed by atoms with Crippen LogP contribution >= 0.6 is 0 Å². The molecule has 2 aromatic rings. The number of aryl methyl sites for hydroxylation is 1. The van der Waals surface area contributed by atoms with Crippen LogP contribution in [0.3, 0.4) is 0 Å². The summed E-state index contributed by atoms with van der Waals surface area (Å²) in [5.41, 5.74) is 1.74. The van der Waals surface area contributed by atoms with Crippen molar-refractivity contribution in [2.24, 2.45) is 0 Å². The van der Waals surface area contributed by atoms with Gasteiger partial charge in [0.05, 0.1) is 12.4 Å². The Morgan fingerprint density at radius 2 is 2.17 bits per heavy atom. The molecule has 0 unspecified atom stereocenters. The lowest BCUT2D eigenvalue weighted by molar-refractivity contribution is 0.0948. The molecule has 1 aliphatic carbocycles. The number of amides is 1. The van der Waals surface area contributed by atoms with Gasteiger partial charge in [-0.3, -0.25) is 4.79 Å². The molecule has 2 heterocycles. The predicted octanol–water partition coefficient (Wildman–Crippen LogP) is 3.14. The molecular weight excluding hydrogens is 306 g/mol. The Bertz CT molecular complexity index is 721. The summed E-state index contributed by atoms with van der Waals surface area (Å²) in [4.78, 5) is 20.4. The molecule has 0 saturated carbocycles. The molecule has 0 aromatic carbocycles. The molecule has 0 fully saturated rings. The number of anilines is 2. The Balaban J connectivity index is 1.49. The number of hydrogen-bond acceptors (Lipinski definition) is 6. The van der Waals surface area contributed by atoms with Crippen molar-refractivity contribution in [3.05, 3.63) is 41.6 Å². The molecule has 3 rings (SSSR count). The van der Waals surface area contributed by atoms with Gasteiger partial charge in [0.2, 0.25) is 0 Å². The van der Waals surface area contributed by atoms with E-state index in [4.69, 9.17) is 4.52 Å². The second-order valence-corrected chi connectivity index (χ2v) is 5.85. The fourth-order valence-corrected chi connectivity index (χ4v) is 2.63. The normalized spacial score (nSPS) is 14.1. The molecule has 1 amide bonds. The van der Waals surface area contributed by atoms with Crippen LogP contribution in [0.15, 0.2) is 34.6 Å². The summed E-state index contributed by atoms with van der Waals surface area (Å²) in [5, 5.41) is 9.66. The highest BCUT2D eigenvalue weighted by molar-refractivity contribution is 5.92. The monoisotopic (exact) mass is 327 g/mol. The minimum atomic E-state index is -0.206. The van der Waals surface area contributed by atoms with Crippen LogP contribution < -0.4 is 10.6 Å². The summed E-state index contributed by atoms with van der Waals surface area (Å²) in [5.74, 6) is 1.56. The van der Waals surface area contributed by atoms with Crippen molar-refractivity contribution in [2.75, 3.05) is 11.9 Å². The lowest BCUT2D eigenvalue weighted by Gasteiger charge is -2.12. The highest BCUT2D eigenvalue weighted by Crippen LogP contribution is 2.19. The Labute approximate surface area is 140 Å². The zero-order chi connectivity index (χ0) is 16.8. The third-order valence-electron chi connectivity index (χ3n) is 3.89. The Hall–Kier alpha value is -2.70. The first-order chi connectivity index (χ1) is 11.7. The molecule has 2 N–H and O–H groups in total. The Morgan fingerprint density at radius 3 is 2.83 bits per heavy atom. The smallest absolute Gasteiger partial charge is 0.271 e. The summed E-state index contributed by atoms with van der Waals surface area (Å²) >= 11 is 0. The molecule has 0 saturated heterocycles. The van der Waals surface area contributed by atoms with E-state index in [1.165, 1.54) is 30.8 Å². The van der Waals surface area contributed by atoms with E-state index in [0.29, 0.717) is 29.6 Å². The summed E-state index contributed by atoms with van der Waals surface area (Å²) in [6.07, 6.45) is 11.0. The van der Waals surface area contributed by atoms with Crippen LogP contribution in [-0.4, -0.2) is 27.6 Å². The number of nitrogens with one attached hydrogen (secondary N) is 2. The first-order valence-electron chi connectivity index (χ1n) is 8.19. The summed E-state index contributed by atoms with van der Waals surface area (Å²) in [6.45, 7) is 2.44. The lowest BCUT2D eigenvalue weighted by atomic mass is 9.97. The summed E-state index contributed by atoms with van der Waals surface area (Å²) in [7, 11) is 0. The molecule has 1 aliphatic rings. The van der Waals surface area contributed by atoms with E-state index in [1.807, 2.05) is 0 Å². The van der Waals surface area contributed by atoms with Gasteiger partial charge in [-0.2, -0.15) is 0 Å². The van der Waals surface area contributed by atoms with E-state index < -0.39 is 0 Å². The number of carbonyl (C=O) groups is 1. The van der Waals surface area contributed by atoms with Crippen LogP contribution in [-0.2, 0) is 0 Å². The van der Waals surface area contributed by atoms with Crippen molar-refractivity contribution >= 4 is 17.5 Å². The van der Waals surface area contributed by atoms with E-state index in [2.05, 4.69) is 31.8 Å². The molecule has 0 atom stereocenters. The van der Waals surface area contributed by atoms with E-state index in [-0.39, 0.29) is 5.91 Å². The molecule has 0 radical (unpaired) electrons. The second kappa shape index (κ2) is 7.72. The third kappa shape index (κ3) is 4.41. The molecule has 2 aromatic heterocycles. The van der Waals surface area contributed by atoms with Crippen molar-refractivity contribution < 1.29 is 9.32 Å². The fraction of sp³-hybridized carbons (Fsp3) is 0.412. The molecule has 0 bridgehead atoms.